The number of aromatic amines is 1. The zero-order chi connectivity index (χ0) is 18.1. The van der Waals surface area contributed by atoms with Crippen LogP contribution in [0.1, 0.15) is 23.3 Å². The maximum atomic E-state index is 13.2. The number of H-pyrrole nitrogens is 1. The Labute approximate surface area is 151 Å². The van der Waals surface area contributed by atoms with Gasteiger partial charge in [-0.2, -0.15) is 5.10 Å². The first kappa shape index (κ1) is 17.2. The first-order chi connectivity index (χ1) is 12.6. The molecule has 2 aromatic rings. The second kappa shape index (κ2) is 6.81. The molecular weight excluding hydrogens is 332 g/mol. The van der Waals surface area contributed by atoms with Gasteiger partial charge in [0, 0.05) is 31.5 Å². The Hall–Kier alpha value is -2.25. The standard InChI is InChI=1S/C19H24N4O3/c1-26-11-13-10-23(12-19(13)6-8-20-9-7-19)18(25)16-14-4-2-3-5-15(14)17(24)22-21-16/h2-5,13,20H,6-12H2,1H3,(H,22,24). The van der Waals surface area contributed by atoms with Crippen LogP contribution in [0.2, 0.25) is 0 Å². The van der Waals surface area contributed by atoms with E-state index in [0.717, 1.165) is 32.5 Å². The molecule has 4 rings (SSSR count). The minimum Gasteiger partial charge on any atom is -0.384 e. The van der Waals surface area contributed by atoms with E-state index in [1.165, 1.54) is 0 Å². The number of benzene rings is 1. The van der Waals surface area contributed by atoms with Crippen LogP contribution in [0.15, 0.2) is 29.1 Å². The second-order valence-electron chi connectivity index (χ2n) is 7.40. The number of nitrogens with zero attached hydrogens (tertiary/aromatic N) is 2. The highest BCUT2D eigenvalue weighted by Crippen LogP contribution is 2.43. The summed E-state index contributed by atoms with van der Waals surface area (Å²) in [5.41, 5.74) is 0.155. The molecule has 7 nitrogen and oxygen atoms in total. The number of methoxy groups -OCH3 is 1. The van der Waals surface area contributed by atoms with Crippen LogP contribution in [0.3, 0.4) is 0 Å². The Bertz CT molecular complexity index is 872. The largest absolute Gasteiger partial charge is 0.384 e. The summed E-state index contributed by atoms with van der Waals surface area (Å²) in [4.78, 5) is 27.1. The first-order valence-corrected chi connectivity index (χ1v) is 9.11. The van der Waals surface area contributed by atoms with Gasteiger partial charge < -0.3 is 15.0 Å². The van der Waals surface area contributed by atoms with Gasteiger partial charge >= 0.3 is 0 Å². The lowest BCUT2D eigenvalue weighted by Gasteiger charge is -2.38. The SMILES string of the molecule is COCC1CN(C(=O)c2n[nH]c(=O)c3ccccc23)CC12CCNCC2. The van der Waals surface area contributed by atoms with E-state index in [1.54, 1.807) is 25.3 Å². The molecule has 0 radical (unpaired) electrons. The summed E-state index contributed by atoms with van der Waals surface area (Å²) in [7, 11) is 1.72. The molecule has 1 atom stereocenters. The topological polar surface area (TPSA) is 87.3 Å². The Morgan fingerprint density at radius 2 is 2.04 bits per heavy atom. The van der Waals surface area contributed by atoms with Crippen LogP contribution in [0.4, 0.5) is 0 Å². The van der Waals surface area contributed by atoms with Crippen molar-refractivity contribution < 1.29 is 9.53 Å². The molecule has 0 aliphatic carbocycles. The number of carbonyl (C=O) groups excluding carboxylic acids is 1. The van der Waals surface area contributed by atoms with Gasteiger partial charge in [-0.3, -0.25) is 9.59 Å². The molecule has 2 aliphatic rings. The summed E-state index contributed by atoms with van der Waals surface area (Å²) in [5, 5.41) is 11.1. The van der Waals surface area contributed by atoms with Crippen molar-refractivity contribution in [2.45, 2.75) is 12.8 Å². The molecule has 2 N–H and O–H groups in total. The number of aromatic nitrogens is 2. The van der Waals surface area contributed by atoms with Crippen LogP contribution in [0.25, 0.3) is 10.8 Å². The normalized spacial score (nSPS) is 22.2. The van der Waals surface area contributed by atoms with Crippen LogP contribution in [-0.2, 0) is 4.74 Å². The van der Waals surface area contributed by atoms with E-state index in [1.807, 2.05) is 11.0 Å². The molecular formula is C19H24N4O3. The Balaban J connectivity index is 1.67. The van der Waals surface area contributed by atoms with Crippen molar-refractivity contribution in [3.63, 3.8) is 0 Å². The molecule has 26 heavy (non-hydrogen) atoms. The van der Waals surface area contributed by atoms with Gasteiger partial charge in [-0.15, -0.1) is 0 Å². The summed E-state index contributed by atoms with van der Waals surface area (Å²) < 4.78 is 5.45. The number of ether oxygens (including phenoxy) is 1. The van der Waals surface area contributed by atoms with Crippen molar-refractivity contribution in [3.8, 4) is 0 Å². The predicted octanol–water partition coefficient (Wildman–Crippen LogP) is 1.01. The quantitative estimate of drug-likeness (QED) is 0.857. The molecule has 1 amide bonds. The minimum atomic E-state index is -0.273. The third-order valence-corrected chi connectivity index (χ3v) is 5.97. The van der Waals surface area contributed by atoms with Crippen molar-refractivity contribution in [1.82, 2.24) is 20.4 Å². The van der Waals surface area contributed by atoms with Crippen molar-refractivity contribution in [2.24, 2.45) is 11.3 Å². The van der Waals surface area contributed by atoms with Crippen LogP contribution in [0, 0.1) is 11.3 Å². The van der Waals surface area contributed by atoms with Crippen LogP contribution in [0.5, 0.6) is 0 Å². The summed E-state index contributed by atoms with van der Waals surface area (Å²) in [6.07, 6.45) is 2.09. The molecule has 138 valence electrons. The molecule has 7 heteroatoms. The number of hydrogen-bond acceptors (Lipinski definition) is 5. The monoisotopic (exact) mass is 356 g/mol. The van der Waals surface area contributed by atoms with Crippen molar-refractivity contribution in [2.75, 3.05) is 39.9 Å². The van der Waals surface area contributed by atoms with E-state index in [9.17, 15) is 9.59 Å². The zero-order valence-electron chi connectivity index (χ0n) is 15.0. The van der Waals surface area contributed by atoms with E-state index in [0.29, 0.717) is 35.5 Å². The van der Waals surface area contributed by atoms with Gasteiger partial charge in [-0.25, -0.2) is 5.10 Å². The molecule has 2 fully saturated rings. The van der Waals surface area contributed by atoms with E-state index >= 15 is 0 Å². The first-order valence-electron chi connectivity index (χ1n) is 9.11. The molecule has 1 aromatic heterocycles. The smallest absolute Gasteiger partial charge is 0.274 e. The van der Waals surface area contributed by atoms with Crippen molar-refractivity contribution in [3.05, 3.63) is 40.3 Å². The zero-order valence-corrected chi connectivity index (χ0v) is 15.0. The molecule has 1 aromatic carbocycles. The van der Waals surface area contributed by atoms with E-state index in [2.05, 4.69) is 15.5 Å². The molecule has 0 saturated carbocycles. The van der Waals surface area contributed by atoms with E-state index in [-0.39, 0.29) is 16.9 Å². The number of fused-ring (bicyclic) bond motifs is 1. The lowest BCUT2D eigenvalue weighted by molar-refractivity contribution is 0.0700. The summed E-state index contributed by atoms with van der Waals surface area (Å²) in [6, 6.07) is 7.12. The Kier molecular flexibility index (Phi) is 4.50. The van der Waals surface area contributed by atoms with Crippen molar-refractivity contribution >= 4 is 16.7 Å². The number of piperidine rings is 1. The molecule has 1 unspecified atom stereocenters. The van der Waals surface area contributed by atoms with Crippen molar-refractivity contribution in [1.29, 1.82) is 0 Å². The van der Waals surface area contributed by atoms with Gasteiger partial charge in [0.15, 0.2) is 5.69 Å². The average Bonchev–Trinajstić information content (AvgIpc) is 3.00. The fraction of sp³-hybridized carbons (Fsp3) is 0.526. The van der Waals surface area contributed by atoms with Crippen LogP contribution < -0.4 is 10.9 Å². The minimum absolute atomic E-state index is 0.106. The lowest BCUT2D eigenvalue weighted by atomic mass is 9.71. The van der Waals surface area contributed by atoms with E-state index in [4.69, 9.17) is 4.74 Å². The van der Waals surface area contributed by atoms with Gasteiger partial charge in [0.2, 0.25) is 0 Å². The second-order valence-corrected chi connectivity index (χ2v) is 7.40. The highest BCUT2D eigenvalue weighted by atomic mass is 16.5. The summed E-state index contributed by atoms with van der Waals surface area (Å²) in [6.45, 7) is 3.99. The number of amides is 1. The molecule has 2 aliphatic heterocycles. The number of carbonyl (C=O) groups is 1. The van der Waals surface area contributed by atoms with Gasteiger partial charge in [0.25, 0.3) is 11.5 Å². The summed E-state index contributed by atoms with van der Waals surface area (Å²) >= 11 is 0. The number of hydrogen-bond donors (Lipinski definition) is 2. The molecule has 3 heterocycles. The molecule has 0 bridgehead atoms. The maximum absolute atomic E-state index is 13.2. The number of rotatable bonds is 3. The lowest BCUT2D eigenvalue weighted by Crippen LogP contribution is -2.43. The Morgan fingerprint density at radius 1 is 1.31 bits per heavy atom. The van der Waals surface area contributed by atoms with Gasteiger partial charge in [0.05, 0.1) is 12.0 Å². The number of likely N-dealkylation sites (tertiary alicyclic amines) is 1. The maximum Gasteiger partial charge on any atom is 0.274 e. The van der Waals surface area contributed by atoms with Crippen LogP contribution >= 0.6 is 0 Å². The highest BCUT2D eigenvalue weighted by molar-refractivity contribution is 6.04. The number of nitrogens with one attached hydrogen (secondary N) is 2. The third kappa shape index (κ3) is 2.81. The predicted molar refractivity (Wildman–Crippen MR) is 98.2 cm³/mol. The average molecular weight is 356 g/mol. The highest BCUT2D eigenvalue weighted by Gasteiger charge is 2.48. The van der Waals surface area contributed by atoms with Gasteiger partial charge in [-0.1, -0.05) is 18.2 Å². The fourth-order valence-corrected chi connectivity index (χ4v) is 4.54. The molecule has 2 saturated heterocycles. The molecule has 1 spiro atoms. The third-order valence-electron chi connectivity index (χ3n) is 5.97. The van der Waals surface area contributed by atoms with Gasteiger partial charge in [0.1, 0.15) is 0 Å². The van der Waals surface area contributed by atoms with E-state index < -0.39 is 0 Å². The Morgan fingerprint density at radius 3 is 2.77 bits per heavy atom. The van der Waals surface area contributed by atoms with Gasteiger partial charge in [-0.05, 0) is 37.4 Å². The van der Waals surface area contributed by atoms with Crippen LogP contribution in [-0.4, -0.2) is 60.9 Å². The fourth-order valence-electron chi connectivity index (χ4n) is 4.54. The summed E-state index contributed by atoms with van der Waals surface area (Å²) in [5.74, 6) is 0.210.